The summed E-state index contributed by atoms with van der Waals surface area (Å²) < 4.78 is 30.3. The summed E-state index contributed by atoms with van der Waals surface area (Å²) in [6.45, 7) is -0.211. The number of aromatic carboxylic acids is 1. The summed E-state index contributed by atoms with van der Waals surface area (Å²) >= 11 is 6.01. The predicted octanol–water partition coefficient (Wildman–Crippen LogP) is 4.10. The summed E-state index contributed by atoms with van der Waals surface area (Å²) in [7, 11) is -4.10. The minimum absolute atomic E-state index is 0.0284. The summed E-state index contributed by atoms with van der Waals surface area (Å²) in [4.78, 5) is 11.2. The number of carboxylic acids is 1. The molecule has 7 heteroatoms. The molecule has 0 amide bonds. The molecule has 25 heavy (non-hydrogen) atoms. The standard InChI is InChI=1S/C18H13ClO5S/c19-16-8-4-1-5-12(16)11-24-25(22,23)17-10-9-15(18(20)21)13-6-2-3-7-14(13)17/h1-10H,11H2,(H,20,21). The van der Waals surface area contributed by atoms with E-state index in [2.05, 4.69) is 0 Å². The first-order valence-corrected chi connectivity index (χ1v) is 9.06. The van der Waals surface area contributed by atoms with Gasteiger partial charge in [0.05, 0.1) is 12.2 Å². The van der Waals surface area contributed by atoms with Crippen LogP contribution in [0.3, 0.4) is 0 Å². The zero-order valence-electron chi connectivity index (χ0n) is 12.8. The van der Waals surface area contributed by atoms with Gasteiger partial charge in [0.2, 0.25) is 0 Å². The topological polar surface area (TPSA) is 80.7 Å². The lowest BCUT2D eigenvalue weighted by Gasteiger charge is -2.11. The van der Waals surface area contributed by atoms with Crippen LogP contribution in [-0.2, 0) is 20.9 Å². The third-order valence-corrected chi connectivity index (χ3v) is 5.40. The molecule has 1 N–H and O–H groups in total. The SMILES string of the molecule is O=C(O)c1ccc(S(=O)(=O)OCc2ccccc2Cl)c2ccccc12. The van der Waals surface area contributed by atoms with Gasteiger partial charge in [0, 0.05) is 10.4 Å². The maximum Gasteiger partial charge on any atom is 0.336 e. The Hall–Kier alpha value is -2.41. The van der Waals surface area contributed by atoms with Gasteiger partial charge in [-0.3, -0.25) is 4.18 Å². The van der Waals surface area contributed by atoms with E-state index >= 15 is 0 Å². The van der Waals surface area contributed by atoms with Gasteiger partial charge in [0.15, 0.2) is 0 Å². The highest BCUT2D eigenvalue weighted by Gasteiger charge is 2.21. The van der Waals surface area contributed by atoms with Crippen LogP contribution >= 0.6 is 11.6 Å². The van der Waals surface area contributed by atoms with Crippen molar-refractivity contribution in [2.45, 2.75) is 11.5 Å². The van der Waals surface area contributed by atoms with Crippen LogP contribution in [0.2, 0.25) is 5.02 Å². The Bertz CT molecular complexity index is 1060. The molecule has 5 nitrogen and oxygen atoms in total. The fourth-order valence-corrected chi connectivity index (χ4v) is 3.78. The molecule has 0 heterocycles. The van der Waals surface area contributed by atoms with Gasteiger partial charge in [-0.15, -0.1) is 0 Å². The fraction of sp³-hybridized carbons (Fsp3) is 0.0556. The first-order chi connectivity index (χ1) is 11.9. The van der Waals surface area contributed by atoms with Crippen LogP contribution in [0.15, 0.2) is 65.6 Å². The Kier molecular flexibility index (Phi) is 4.76. The number of fused-ring (bicyclic) bond motifs is 1. The lowest BCUT2D eigenvalue weighted by atomic mass is 10.0. The highest BCUT2D eigenvalue weighted by Crippen LogP contribution is 2.28. The molecular weight excluding hydrogens is 364 g/mol. The Balaban J connectivity index is 2.02. The number of hydrogen-bond donors (Lipinski definition) is 1. The summed E-state index contributed by atoms with van der Waals surface area (Å²) in [5.74, 6) is -1.13. The van der Waals surface area contributed by atoms with Gasteiger partial charge in [0.1, 0.15) is 4.90 Å². The minimum atomic E-state index is -4.10. The third-order valence-electron chi connectivity index (χ3n) is 3.71. The second-order valence-corrected chi connectivity index (χ2v) is 7.26. The van der Waals surface area contributed by atoms with E-state index in [1.165, 1.54) is 12.1 Å². The van der Waals surface area contributed by atoms with E-state index in [0.29, 0.717) is 21.4 Å². The van der Waals surface area contributed by atoms with E-state index in [1.807, 2.05) is 0 Å². The van der Waals surface area contributed by atoms with Gasteiger partial charge in [-0.2, -0.15) is 8.42 Å². The lowest BCUT2D eigenvalue weighted by molar-refractivity contribution is 0.0699. The van der Waals surface area contributed by atoms with Gasteiger partial charge < -0.3 is 5.11 Å². The first kappa shape index (κ1) is 17.4. The highest BCUT2D eigenvalue weighted by atomic mass is 35.5. The molecule has 0 aromatic heterocycles. The van der Waals surface area contributed by atoms with Gasteiger partial charge in [-0.25, -0.2) is 4.79 Å². The lowest BCUT2D eigenvalue weighted by Crippen LogP contribution is -2.09. The average Bonchev–Trinajstić information content (AvgIpc) is 2.60. The molecule has 0 aliphatic rings. The summed E-state index contributed by atoms with van der Waals surface area (Å²) in [5.41, 5.74) is 0.569. The molecular formula is C18H13ClO5S. The molecule has 0 aliphatic heterocycles. The number of benzene rings is 3. The van der Waals surface area contributed by atoms with Crippen LogP contribution in [-0.4, -0.2) is 19.5 Å². The molecule has 0 aliphatic carbocycles. The van der Waals surface area contributed by atoms with Crippen molar-refractivity contribution in [3.05, 3.63) is 76.8 Å². The van der Waals surface area contributed by atoms with Crippen molar-refractivity contribution in [2.75, 3.05) is 0 Å². The van der Waals surface area contributed by atoms with Crippen molar-refractivity contribution >= 4 is 38.5 Å². The highest BCUT2D eigenvalue weighted by molar-refractivity contribution is 7.87. The first-order valence-electron chi connectivity index (χ1n) is 7.28. The number of halogens is 1. The van der Waals surface area contributed by atoms with Crippen molar-refractivity contribution in [2.24, 2.45) is 0 Å². The largest absolute Gasteiger partial charge is 0.478 e. The Morgan fingerprint density at radius 2 is 1.60 bits per heavy atom. The normalized spacial score (nSPS) is 11.6. The Morgan fingerprint density at radius 1 is 0.960 bits per heavy atom. The maximum absolute atomic E-state index is 12.6. The molecule has 0 unspecified atom stereocenters. The van der Waals surface area contributed by atoms with Gasteiger partial charge in [-0.05, 0) is 29.1 Å². The summed E-state index contributed by atoms with van der Waals surface area (Å²) in [5, 5.41) is 10.3. The molecule has 3 aromatic rings. The van der Waals surface area contributed by atoms with Crippen LogP contribution in [0.5, 0.6) is 0 Å². The molecule has 0 bridgehead atoms. The van der Waals surface area contributed by atoms with E-state index in [9.17, 15) is 18.3 Å². The van der Waals surface area contributed by atoms with Crippen molar-refractivity contribution in [3.63, 3.8) is 0 Å². The van der Waals surface area contributed by atoms with E-state index < -0.39 is 16.1 Å². The molecule has 0 fully saturated rings. The van der Waals surface area contributed by atoms with E-state index in [4.69, 9.17) is 15.8 Å². The van der Waals surface area contributed by atoms with Crippen LogP contribution < -0.4 is 0 Å². The molecule has 0 radical (unpaired) electrons. The van der Waals surface area contributed by atoms with E-state index in [-0.39, 0.29) is 17.1 Å². The molecule has 128 valence electrons. The minimum Gasteiger partial charge on any atom is -0.478 e. The molecule has 0 spiro atoms. The van der Waals surface area contributed by atoms with Crippen LogP contribution in [0.1, 0.15) is 15.9 Å². The summed E-state index contributed by atoms with van der Waals surface area (Å²) in [6.07, 6.45) is 0. The van der Waals surface area contributed by atoms with Crippen molar-refractivity contribution in [1.82, 2.24) is 0 Å². The summed E-state index contributed by atoms with van der Waals surface area (Å²) in [6, 6.07) is 15.7. The monoisotopic (exact) mass is 376 g/mol. The second-order valence-electron chi connectivity index (χ2n) is 5.27. The van der Waals surface area contributed by atoms with Crippen LogP contribution in [0, 0.1) is 0 Å². The quantitative estimate of drug-likeness (QED) is 0.678. The molecule has 0 saturated heterocycles. The predicted molar refractivity (Wildman–Crippen MR) is 94.3 cm³/mol. The second kappa shape index (κ2) is 6.84. The zero-order valence-corrected chi connectivity index (χ0v) is 14.4. The van der Waals surface area contributed by atoms with E-state index in [1.54, 1.807) is 48.5 Å². The molecule has 3 rings (SSSR count). The van der Waals surface area contributed by atoms with Gasteiger partial charge >= 0.3 is 5.97 Å². The smallest absolute Gasteiger partial charge is 0.336 e. The number of hydrogen-bond acceptors (Lipinski definition) is 4. The number of rotatable bonds is 5. The van der Waals surface area contributed by atoms with Crippen LogP contribution in [0.4, 0.5) is 0 Å². The fourth-order valence-electron chi connectivity index (χ4n) is 2.50. The van der Waals surface area contributed by atoms with Crippen molar-refractivity contribution < 1.29 is 22.5 Å². The Labute approximate surface area is 149 Å². The Morgan fingerprint density at radius 3 is 2.28 bits per heavy atom. The third kappa shape index (κ3) is 3.51. The molecule has 0 saturated carbocycles. The molecule has 0 atom stereocenters. The van der Waals surface area contributed by atoms with Gasteiger partial charge in [0.25, 0.3) is 10.1 Å². The van der Waals surface area contributed by atoms with Gasteiger partial charge in [-0.1, -0.05) is 54.1 Å². The van der Waals surface area contributed by atoms with Crippen LogP contribution in [0.25, 0.3) is 10.8 Å². The van der Waals surface area contributed by atoms with E-state index in [0.717, 1.165) is 0 Å². The van der Waals surface area contributed by atoms with Crippen molar-refractivity contribution in [3.8, 4) is 0 Å². The number of carboxylic acid groups (broad SMARTS) is 1. The molecule has 3 aromatic carbocycles. The average molecular weight is 377 g/mol. The zero-order chi connectivity index (χ0) is 18.0. The maximum atomic E-state index is 12.6. The van der Waals surface area contributed by atoms with Crippen molar-refractivity contribution in [1.29, 1.82) is 0 Å². The number of carbonyl (C=O) groups is 1.